The Morgan fingerprint density at radius 1 is 1.08 bits per heavy atom. The number of ether oxygens (including phenoxy) is 2. The van der Waals surface area contributed by atoms with Crippen LogP contribution >= 0.6 is 0 Å². The zero-order valence-electron chi connectivity index (χ0n) is 13.9. The lowest BCUT2D eigenvalue weighted by Crippen LogP contribution is -2.28. The van der Waals surface area contributed by atoms with Gasteiger partial charge in [-0.1, -0.05) is 6.92 Å². The molecular weight excluding hydrogens is 371 g/mol. The zero-order valence-corrected chi connectivity index (χ0v) is 14.7. The topological polar surface area (TPSA) is 122 Å². The van der Waals surface area contributed by atoms with E-state index >= 15 is 0 Å². The summed E-state index contributed by atoms with van der Waals surface area (Å²) >= 11 is 0. The van der Waals surface area contributed by atoms with Crippen LogP contribution in [0.2, 0.25) is 0 Å². The molecule has 0 aliphatic rings. The molecule has 0 aliphatic heterocycles. The number of alkyl halides is 3. The van der Waals surface area contributed by atoms with Gasteiger partial charge in [0.05, 0.1) is 5.41 Å². The molecule has 0 aromatic carbocycles. The first kappa shape index (κ1) is 23.1. The lowest BCUT2D eigenvalue weighted by atomic mass is 9.91. The van der Waals surface area contributed by atoms with Crippen molar-refractivity contribution in [3.63, 3.8) is 0 Å². The number of esters is 2. The summed E-state index contributed by atoms with van der Waals surface area (Å²) in [5.74, 6) is -3.08. The van der Waals surface area contributed by atoms with Gasteiger partial charge in [0, 0.05) is 6.42 Å². The molecule has 12 heteroatoms. The van der Waals surface area contributed by atoms with Crippen LogP contribution in [-0.2, 0) is 29.1 Å². The number of carbonyl (C=O) groups is 2. The number of rotatable bonds is 9. The Morgan fingerprint density at radius 3 is 2.08 bits per heavy atom. The second-order valence-corrected chi connectivity index (χ2v) is 7.10. The van der Waals surface area contributed by atoms with Gasteiger partial charge in [-0.3, -0.25) is 9.59 Å². The fraction of sp³-hybridized carbons (Fsp3) is 0.769. The van der Waals surface area contributed by atoms with E-state index in [1.165, 1.54) is 0 Å². The third-order valence-electron chi connectivity index (χ3n) is 3.07. The molecule has 0 rings (SSSR count). The lowest BCUT2D eigenvalue weighted by molar-refractivity contribution is -0.218. The van der Waals surface area contributed by atoms with Crippen molar-refractivity contribution in [2.45, 2.75) is 45.5 Å². The summed E-state index contributed by atoms with van der Waals surface area (Å²) in [5, 5.41) is 11.0. The Balaban J connectivity index is 4.24. The molecule has 0 spiro atoms. The SMILES string of the molecule is CCC(C)(C)C(=O)OCCOC(=O)CC/C([O-])=N/S(=O)(=O)C(F)(F)F. The minimum atomic E-state index is -5.93. The van der Waals surface area contributed by atoms with Gasteiger partial charge in [0.2, 0.25) is 0 Å². The lowest BCUT2D eigenvalue weighted by Gasteiger charge is -2.20. The average Bonchev–Trinajstić information content (AvgIpc) is 2.47. The number of halogens is 3. The maximum absolute atomic E-state index is 12.0. The average molecular weight is 390 g/mol. The first-order valence-electron chi connectivity index (χ1n) is 7.13. The van der Waals surface area contributed by atoms with E-state index in [-0.39, 0.29) is 13.2 Å². The number of hydrogen-bond acceptors (Lipinski definition) is 7. The largest absolute Gasteiger partial charge is 0.861 e. The van der Waals surface area contributed by atoms with Gasteiger partial charge in [-0.25, -0.2) is 0 Å². The molecule has 0 fully saturated rings. The molecule has 0 aromatic heterocycles. The van der Waals surface area contributed by atoms with Crippen molar-refractivity contribution in [1.29, 1.82) is 0 Å². The standard InChI is InChI=1S/C13H20F3NO7S/c1-4-12(2,3)11(20)24-8-7-23-10(19)6-5-9(18)17-25(21,22)13(14,15)16/h4-8H2,1-3H3,(H,17,18)/p-1. The highest BCUT2D eigenvalue weighted by Gasteiger charge is 2.45. The van der Waals surface area contributed by atoms with Crippen LogP contribution in [-0.4, -0.2) is 45.0 Å². The Labute approximate surface area is 143 Å². The summed E-state index contributed by atoms with van der Waals surface area (Å²) in [6.07, 6.45) is -0.987. The Morgan fingerprint density at radius 2 is 1.60 bits per heavy atom. The van der Waals surface area contributed by atoms with Gasteiger partial charge in [0.1, 0.15) is 13.2 Å². The fourth-order valence-corrected chi connectivity index (χ4v) is 1.61. The molecule has 0 atom stereocenters. The molecular formula is C13H19F3NO7S-. The number of sulfonamides is 1. The van der Waals surface area contributed by atoms with Gasteiger partial charge in [0.25, 0.3) is 0 Å². The molecule has 146 valence electrons. The first-order chi connectivity index (χ1) is 11.2. The quantitative estimate of drug-likeness (QED) is 0.248. The number of carbonyl (C=O) groups excluding carboxylic acids is 2. The number of hydrogen-bond donors (Lipinski definition) is 0. The second-order valence-electron chi connectivity index (χ2n) is 5.50. The third kappa shape index (κ3) is 8.18. The number of nitrogens with zero attached hydrogens (tertiary/aromatic N) is 1. The van der Waals surface area contributed by atoms with Gasteiger partial charge in [-0.15, -0.1) is 0 Å². The van der Waals surface area contributed by atoms with Crippen LogP contribution in [0.4, 0.5) is 13.2 Å². The third-order valence-corrected chi connectivity index (χ3v) is 4.10. The normalized spacial score (nSPS) is 13.4. The van der Waals surface area contributed by atoms with Crippen LogP contribution in [0.1, 0.15) is 40.0 Å². The van der Waals surface area contributed by atoms with E-state index in [0.29, 0.717) is 6.42 Å². The van der Waals surface area contributed by atoms with Crippen molar-refractivity contribution >= 4 is 27.9 Å². The second kappa shape index (κ2) is 9.02. The van der Waals surface area contributed by atoms with Gasteiger partial charge in [-0.05, 0) is 32.6 Å². The van der Waals surface area contributed by atoms with E-state index in [1.54, 1.807) is 20.8 Å². The van der Waals surface area contributed by atoms with Crippen molar-refractivity contribution < 1.29 is 45.8 Å². The molecule has 0 heterocycles. The molecule has 0 N–H and O–H groups in total. The summed E-state index contributed by atoms with van der Waals surface area (Å²) in [6, 6.07) is 0. The highest BCUT2D eigenvalue weighted by molar-refractivity contribution is 7.91. The van der Waals surface area contributed by atoms with Crippen LogP contribution < -0.4 is 5.11 Å². The summed E-state index contributed by atoms with van der Waals surface area (Å²) < 4.78 is 68.8. The molecule has 0 amide bonds. The summed E-state index contributed by atoms with van der Waals surface area (Å²) in [7, 11) is -5.93. The van der Waals surface area contributed by atoms with Crippen molar-refractivity contribution in [1.82, 2.24) is 0 Å². The van der Waals surface area contributed by atoms with E-state index in [4.69, 9.17) is 4.74 Å². The van der Waals surface area contributed by atoms with Crippen molar-refractivity contribution in [2.24, 2.45) is 9.81 Å². The van der Waals surface area contributed by atoms with E-state index in [0.717, 1.165) is 0 Å². The minimum Gasteiger partial charge on any atom is -0.861 e. The molecule has 0 bridgehead atoms. The van der Waals surface area contributed by atoms with Gasteiger partial charge >= 0.3 is 27.5 Å². The maximum Gasteiger partial charge on any atom is 0.518 e. The van der Waals surface area contributed by atoms with Gasteiger partial charge in [0.15, 0.2) is 0 Å². The van der Waals surface area contributed by atoms with Crippen LogP contribution in [0.15, 0.2) is 4.40 Å². The van der Waals surface area contributed by atoms with Crippen LogP contribution in [0.25, 0.3) is 0 Å². The van der Waals surface area contributed by atoms with Crippen LogP contribution in [0, 0.1) is 5.41 Å². The van der Waals surface area contributed by atoms with Gasteiger partial charge < -0.3 is 14.6 Å². The molecule has 25 heavy (non-hydrogen) atoms. The zero-order chi connectivity index (χ0) is 19.9. The first-order valence-corrected chi connectivity index (χ1v) is 8.57. The van der Waals surface area contributed by atoms with Crippen molar-refractivity contribution in [2.75, 3.05) is 13.2 Å². The van der Waals surface area contributed by atoms with E-state index < -0.39 is 51.6 Å². The van der Waals surface area contributed by atoms with Crippen LogP contribution in [0.3, 0.4) is 0 Å². The summed E-state index contributed by atoms with van der Waals surface area (Å²) in [5.41, 5.74) is -6.37. The Kier molecular flexibility index (Phi) is 8.35. The summed E-state index contributed by atoms with van der Waals surface area (Å²) in [6.45, 7) is 4.60. The highest BCUT2D eigenvalue weighted by Crippen LogP contribution is 2.24. The van der Waals surface area contributed by atoms with Gasteiger partial charge in [-0.2, -0.15) is 26.0 Å². The predicted octanol–water partition coefficient (Wildman–Crippen LogP) is 0.898. The molecule has 0 aromatic rings. The molecule has 0 saturated heterocycles. The smallest absolute Gasteiger partial charge is 0.518 e. The Bertz CT molecular complexity index is 612. The highest BCUT2D eigenvalue weighted by atomic mass is 32.2. The van der Waals surface area contributed by atoms with Crippen molar-refractivity contribution in [3.8, 4) is 0 Å². The van der Waals surface area contributed by atoms with E-state index in [1.807, 2.05) is 4.40 Å². The molecule has 8 nitrogen and oxygen atoms in total. The maximum atomic E-state index is 12.0. The summed E-state index contributed by atoms with van der Waals surface area (Å²) in [4.78, 5) is 22.9. The monoisotopic (exact) mass is 390 g/mol. The van der Waals surface area contributed by atoms with Crippen molar-refractivity contribution in [3.05, 3.63) is 0 Å². The molecule has 0 aliphatic carbocycles. The van der Waals surface area contributed by atoms with E-state index in [9.17, 15) is 36.3 Å². The fourth-order valence-electron chi connectivity index (χ4n) is 1.14. The van der Waals surface area contributed by atoms with E-state index in [2.05, 4.69) is 4.74 Å². The molecule has 0 radical (unpaired) electrons. The van der Waals surface area contributed by atoms with Crippen LogP contribution in [0.5, 0.6) is 0 Å². The molecule has 0 saturated carbocycles. The molecule has 0 unspecified atom stereocenters. The Hall–Kier alpha value is -1.85. The predicted molar refractivity (Wildman–Crippen MR) is 77.6 cm³/mol. The minimum absolute atomic E-state index is 0.227.